The van der Waals surface area contributed by atoms with Crippen molar-refractivity contribution in [3.63, 3.8) is 0 Å². The van der Waals surface area contributed by atoms with E-state index in [0.29, 0.717) is 58.7 Å². The molecule has 5 amide bonds. The number of benzene rings is 3. The number of rotatable bonds is 18. The number of ether oxygens (including phenoxy) is 1. The maximum absolute atomic E-state index is 14.1. The molecule has 8 rings (SSSR count). The highest BCUT2D eigenvalue weighted by atomic mass is 16.5. The Morgan fingerprint density at radius 2 is 1.64 bits per heavy atom. The zero-order valence-corrected chi connectivity index (χ0v) is 37.7. The van der Waals surface area contributed by atoms with Crippen molar-refractivity contribution in [2.24, 2.45) is 22.7 Å². The highest BCUT2D eigenvalue weighted by molar-refractivity contribution is 6.04. The number of amides is 5. The molecule has 18 heteroatoms. The number of fused-ring (bicyclic) bond motifs is 3. The van der Waals surface area contributed by atoms with Gasteiger partial charge >= 0.3 is 0 Å². The number of aliphatic imine (C=N–C) groups is 1. The van der Waals surface area contributed by atoms with Gasteiger partial charge in [0.2, 0.25) is 11.8 Å². The van der Waals surface area contributed by atoms with E-state index in [4.69, 9.17) is 9.73 Å². The highest BCUT2D eigenvalue weighted by Crippen LogP contribution is 2.34. The zero-order valence-electron chi connectivity index (χ0n) is 37.7. The first-order valence-corrected chi connectivity index (χ1v) is 22.5. The summed E-state index contributed by atoms with van der Waals surface area (Å²) in [6, 6.07) is 24.0. The molecular weight excluding hydrogens is 853 g/mol. The number of nitrogens with zero attached hydrogens (tertiary/aromatic N) is 4. The molecule has 5 aromatic rings. The maximum atomic E-state index is 14.1. The Kier molecular flexibility index (Phi) is 13.2. The third-order valence-corrected chi connectivity index (χ3v) is 12.8. The summed E-state index contributed by atoms with van der Waals surface area (Å²) < 4.78 is 5.47. The fourth-order valence-electron chi connectivity index (χ4n) is 9.53. The standard InChI is InChI=1S/C49H54N12O6/c1-27(2)16-38(57-46(64)40-20-29-10-5-7-12-35(29)54-40)43-52-25-49(24-50,59-43)22-30-19-31(53-44(30)62)17-28(3)18-39(58-47(65)41-21-33-37(55-41)14-9-15-42(33)67-4)48(66)60-61(26-51)23-34-32-11-6-8-13-36(32)56-45(34)63/h5-15,20-21,27-28,30-31,34,38-39,54-55H,16-19,22-23,25H2,1-4H3,(H,52,59)(H,53,62)(H,56,63)(H,57,64)(H,58,65)(H,60,66)/t28?,30-,31?,34?,38-,39?,49+/m0/s1. The molecular formula is C49H54N12O6. The number of methoxy groups -OCH3 is 1. The lowest BCUT2D eigenvalue weighted by atomic mass is 9.85. The lowest BCUT2D eigenvalue weighted by Gasteiger charge is -2.27. The van der Waals surface area contributed by atoms with Gasteiger partial charge in [0.05, 0.1) is 38.2 Å². The van der Waals surface area contributed by atoms with Crippen LogP contribution in [0.3, 0.4) is 0 Å². The monoisotopic (exact) mass is 906 g/mol. The summed E-state index contributed by atoms with van der Waals surface area (Å²) in [6.07, 6.45) is 3.71. The Hall–Kier alpha value is -7.86. The lowest BCUT2D eigenvalue weighted by Crippen LogP contribution is -2.53. The van der Waals surface area contributed by atoms with Gasteiger partial charge in [-0.15, -0.1) is 0 Å². The van der Waals surface area contributed by atoms with Crippen LogP contribution in [0.4, 0.5) is 5.69 Å². The van der Waals surface area contributed by atoms with Crippen LogP contribution in [-0.2, 0) is 14.4 Å². The highest BCUT2D eigenvalue weighted by Gasteiger charge is 2.45. The van der Waals surface area contributed by atoms with E-state index >= 15 is 0 Å². The first kappa shape index (κ1) is 45.7. The number of anilines is 1. The fraction of sp³-hybridized carbons (Fsp3) is 0.388. The molecule has 4 unspecified atom stereocenters. The maximum Gasteiger partial charge on any atom is 0.268 e. The molecule has 5 heterocycles. The van der Waals surface area contributed by atoms with Gasteiger partial charge in [-0.25, -0.2) is 5.01 Å². The first-order valence-electron chi connectivity index (χ1n) is 22.5. The van der Waals surface area contributed by atoms with Crippen LogP contribution >= 0.6 is 0 Å². The summed E-state index contributed by atoms with van der Waals surface area (Å²) in [5, 5.41) is 38.4. The predicted octanol–water partition coefficient (Wildman–Crippen LogP) is 4.73. The molecule has 346 valence electrons. The second-order valence-corrected chi connectivity index (χ2v) is 18.3. The lowest BCUT2D eigenvalue weighted by molar-refractivity contribution is -0.128. The number of aromatic amines is 2. The molecule has 67 heavy (non-hydrogen) atoms. The number of H-pyrrole nitrogens is 2. The van der Waals surface area contributed by atoms with Crippen molar-refractivity contribution in [3.05, 3.63) is 95.8 Å². The quantitative estimate of drug-likeness (QED) is 0.0341. The molecule has 0 saturated carbocycles. The summed E-state index contributed by atoms with van der Waals surface area (Å²) >= 11 is 0. The minimum Gasteiger partial charge on any atom is -0.496 e. The van der Waals surface area contributed by atoms with E-state index < -0.39 is 41.3 Å². The third-order valence-electron chi connectivity index (χ3n) is 12.8. The number of aromatic nitrogens is 2. The average molecular weight is 907 g/mol. The van der Waals surface area contributed by atoms with Gasteiger partial charge in [0.25, 0.3) is 17.7 Å². The average Bonchev–Trinajstić information content (AvgIpc) is 4.16. The number of amidine groups is 1. The van der Waals surface area contributed by atoms with Crippen molar-refractivity contribution < 1.29 is 28.7 Å². The molecule has 0 radical (unpaired) electrons. The van der Waals surface area contributed by atoms with Gasteiger partial charge in [-0.1, -0.05) is 63.2 Å². The van der Waals surface area contributed by atoms with Gasteiger partial charge < -0.3 is 41.3 Å². The molecule has 8 N–H and O–H groups in total. The van der Waals surface area contributed by atoms with E-state index in [0.717, 1.165) is 15.9 Å². The molecule has 7 atom stereocenters. The smallest absolute Gasteiger partial charge is 0.268 e. The van der Waals surface area contributed by atoms with Crippen LogP contribution in [0.5, 0.6) is 5.75 Å². The van der Waals surface area contributed by atoms with Crippen LogP contribution in [0.1, 0.15) is 85.3 Å². The molecule has 3 aliphatic rings. The molecule has 1 fully saturated rings. The number of carbonyl (C=O) groups excluding carboxylic acids is 5. The van der Waals surface area contributed by atoms with Crippen LogP contribution in [0, 0.1) is 40.5 Å². The summed E-state index contributed by atoms with van der Waals surface area (Å²) in [6.45, 7) is 5.97. The van der Waals surface area contributed by atoms with Crippen LogP contribution in [0.25, 0.3) is 21.8 Å². The molecule has 0 spiro atoms. The number of hydrogen-bond donors (Lipinski definition) is 8. The molecule has 3 aromatic carbocycles. The summed E-state index contributed by atoms with van der Waals surface area (Å²) in [5.74, 6) is -2.27. The molecule has 0 bridgehead atoms. The van der Waals surface area contributed by atoms with Crippen molar-refractivity contribution in [1.29, 1.82) is 10.5 Å². The van der Waals surface area contributed by atoms with E-state index in [-0.39, 0.29) is 67.2 Å². The van der Waals surface area contributed by atoms with Crippen molar-refractivity contribution in [3.8, 4) is 18.0 Å². The number of nitriles is 2. The van der Waals surface area contributed by atoms with E-state index in [2.05, 4.69) is 48.0 Å². The second-order valence-electron chi connectivity index (χ2n) is 18.3. The molecule has 3 aliphatic heterocycles. The topological polar surface area (TPSA) is 262 Å². The fourth-order valence-corrected chi connectivity index (χ4v) is 9.53. The number of carbonyl (C=O) groups is 5. The molecule has 2 aromatic heterocycles. The van der Waals surface area contributed by atoms with Gasteiger partial charge in [-0.2, -0.15) is 10.5 Å². The summed E-state index contributed by atoms with van der Waals surface area (Å²) in [5.41, 5.74) is 4.90. The van der Waals surface area contributed by atoms with Crippen molar-refractivity contribution in [2.45, 2.75) is 82.5 Å². The number of nitrogens with one attached hydrogen (secondary N) is 8. The van der Waals surface area contributed by atoms with Crippen LogP contribution in [0.2, 0.25) is 0 Å². The Morgan fingerprint density at radius 3 is 2.40 bits per heavy atom. The molecule has 18 nitrogen and oxygen atoms in total. The SMILES string of the molecule is COc1cccc2[nH]c(C(=O)NC(CC(C)CC3C[C@@H](C[C@@]4(C#N)CN=C([C@H](CC(C)C)NC(=O)c5cc6ccccc6[nH]5)N4)C(=O)N3)C(=O)NN(C#N)CC3C(=O)Nc4ccccc43)cc12. The molecule has 1 saturated heterocycles. The number of para-hydroxylation sites is 2. The Bertz CT molecular complexity index is 2800. The number of hydrazine groups is 1. The summed E-state index contributed by atoms with van der Waals surface area (Å²) in [7, 11) is 1.53. The van der Waals surface area contributed by atoms with E-state index in [1.807, 2.05) is 51.2 Å². The van der Waals surface area contributed by atoms with Gasteiger partial charge in [0, 0.05) is 39.5 Å². The van der Waals surface area contributed by atoms with Gasteiger partial charge in [-0.3, -0.25) is 34.4 Å². The van der Waals surface area contributed by atoms with E-state index in [1.54, 1.807) is 54.6 Å². The Labute approximate surface area is 387 Å². The van der Waals surface area contributed by atoms with Gasteiger partial charge in [0.15, 0.2) is 6.19 Å². The molecule has 0 aliphatic carbocycles. The third kappa shape index (κ3) is 10.0. The van der Waals surface area contributed by atoms with Gasteiger partial charge in [0.1, 0.15) is 34.6 Å². The normalized spacial score (nSPS) is 20.9. The van der Waals surface area contributed by atoms with E-state index in [1.165, 1.54) is 7.11 Å². The van der Waals surface area contributed by atoms with Crippen molar-refractivity contribution >= 4 is 62.9 Å². The first-order chi connectivity index (χ1) is 32.2. The van der Waals surface area contributed by atoms with E-state index in [9.17, 15) is 34.5 Å². The Morgan fingerprint density at radius 1 is 0.910 bits per heavy atom. The van der Waals surface area contributed by atoms with Gasteiger partial charge in [-0.05, 0) is 85.9 Å². The zero-order chi connectivity index (χ0) is 47.4. The minimum atomic E-state index is -1.17. The largest absolute Gasteiger partial charge is 0.496 e. The number of hydrogen-bond acceptors (Lipinski definition) is 11. The summed E-state index contributed by atoms with van der Waals surface area (Å²) in [4.78, 5) is 78.8. The predicted molar refractivity (Wildman–Crippen MR) is 250 cm³/mol. The van der Waals surface area contributed by atoms with Crippen molar-refractivity contribution in [1.82, 2.24) is 41.7 Å². The van der Waals surface area contributed by atoms with Crippen molar-refractivity contribution in [2.75, 3.05) is 25.5 Å². The van der Waals surface area contributed by atoms with Crippen LogP contribution in [-0.4, -0.2) is 94.2 Å². The Balaban J connectivity index is 0.918. The van der Waals surface area contributed by atoms with Crippen LogP contribution < -0.4 is 36.7 Å². The van der Waals surface area contributed by atoms with Crippen LogP contribution in [0.15, 0.2) is 83.9 Å². The second kappa shape index (κ2) is 19.3. The minimum absolute atomic E-state index is 0.109.